The Morgan fingerprint density at radius 1 is 1.40 bits per heavy atom. The Balaban J connectivity index is 1.91. The molecule has 1 aromatic carbocycles. The minimum atomic E-state index is -3.41. The molecule has 0 aliphatic carbocycles. The molecule has 0 radical (unpaired) electrons. The maximum Gasteiger partial charge on any atom is 0.215 e. The zero-order valence-electron chi connectivity index (χ0n) is 10.7. The fourth-order valence-corrected chi connectivity index (χ4v) is 2.90. The van der Waals surface area contributed by atoms with Gasteiger partial charge in [0.15, 0.2) is 0 Å². The Labute approximate surface area is 117 Å². The maximum atomic E-state index is 11.9. The normalized spacial score (nSPS) is 11.2. The monoisotopic (exact) mass is 290 g/mol. The van der Waals surface area contributed by atoms with Crippen LogP contribution in [0.3, 0.4) is 0 Å². The van der Waals surface area contributed by atoms with Crippen molar-refractivity contribution in [3.05, 3.63) is 53.6 Å². The van der Waals surface area contributed by atoms with Gasteiger partial charge in [0.25, 0.3) is 0 Å². The van der Waals surface area contributed by atoms with Gasteiger partial charge in [-0.25, -0.2) is 18.1 Å². The Morgan fingerprint density at radius 2 is 2.25 bits per heavy atom. The third-order valence-electron chi connectivity index (χ3n) is 2.68. The van der Waals surface area contributed by atoms with Crippen LogP contribution in [0.2, 0.25) is 0 Å². The van der Waals surface area contributed by atoms with E-state index in [1.807, 2.05) is 6.07 Å². The summed E-state index contributed by atoms with van der Waals surface area (Å²) in [5.41, 5.74) is 1.92. The molecule has 0 spiro atoms. The van der Waals surface area contributed by atoms with Crippen LogP contribution in [0.25, 0.3) is 0 Å². The van der Waals surface area contributed by atoms with Crippen LogP contribution in [0.5, 0.6) is 0 Å². The molecule has 2 rings (SSSR count). The number of aromatic nitrogens is 2. The molecule has 0 fully saturated rings. The third kappa shape index (κ3) is 4.19. The SMILES string of the molecule is N#Cc1cccc(CS(=O)(=O)NCCc2cnc[nH]2)c1. The van der Waals surface area contributed by atoms with Crippen molar-refractivity contribution in [2.24, 2.45) is 0 Å². The number of nitrogens with zero attached hydrogens (tertiary/aromatic N) is 2. The highest BCUT2D eigenvalue weighted by Gasteiger charge is 2.11. The molecule has 2 N–H and O–H groups in total. The average Bonchev–Trinajstić information content (AvgIpc) is 2.91. The second-order valence-electron chi connectivity index (χ2n) is 4.29. The first-order valence-corrected chi connectivity index (χ1v) is 7.68. The smallest absolute Gasteiger partial charge is 0.215 e. The molecule has 1 aromatic heterocycles. The van der Waals surface area contributed by atoms with E-state index < -0.39 is 10.0 Å². The number of hydrogen-bond donors (Lipinski definition) is 2. The molecule has 7 heteroatoms. The van der Waals surface area contributed by atoms with Gasteiger partial charge in [-0.2, -0.15) is 5.26 Å². The number of sulfonamides is 1. The molecule has 0 atom stereocenters. The van der Waals surface area contributed by atoms with E-state index in [2.05, 4.69) is 14.7 Å². The van der Waals surface area contributed by atoms with Crippen LogP contribution in [-0.4, -0.2) is 24.9 Å². The first-order valence-electron chi connectivity index (χ1n) is 6.03. The number of nitrogens with one attached hydrogen (secondary N) is 2. The summed E-state index contributed by atoms with van der Waals surface area (Å²) in [6.45, 7) is 0.308. The van der Waals surface area contributed by atoms with Gasteiger partial charge in [-0.05, 0) is 17.7 Å². The summed E-state index contributed by atoms with van der Waals surface area (Å²) in [4.78, 5) is 6.77. The van der Waals surface area contributed by atoms with E-state index in [0.717, 1.165) is 5.69 Å². The Kier molecular flexibility index (Phi) is 4.50. The van der Waals surface area contributed by atoms with Crippen molar-refractivity contribution >= 4 is 10.0 Å². The number of rotatable bonds is 6. The first kappa shape index (κ1) is 14.2. The summed E-state index contributed by atoms with van der Waals surface area (Å²) < 4.78 is 26.3. The quantitative estimate of drug-likeness (QED) is 0.827. The molecule has 0 bridgehead atoms. The van der Waals surface area contributed by atoms with E-state index >= 15 is 0 Å². The van der Waals surface area contributed by atoms with Crippen LogP contribution in [-0.2, 0) is 22.2 Å². The molecule has 0 aliphatic heterocycles. The van der Waals surface area contributed by atoms with E-state index in [4.69, 9.17) is 5.26 Å². The second kappa shape index (κ2) is 6.32. The van der Waals surface area contributed by atoms with Gasteiger partial charge >= 0.3 is 0 Å². The molecule has 104 valence electrons. The zero-order chi connectivity index (χ0) is 14.4. The van der Waals surface area contributed by atoms with Crippen molar-refractivity contribution in [3.63, 3.8) is 0 Å². The number of hydrogen-bond acceptors (Lipinski definition) is 4. The molecule has 0 saturated carbocycles. The minimum absolute atomic E-state index is 0.133. The molecule has 6 nitrogen and oxygen atoms in total. The molecule has 0 saturated heterocycles. The maximum absolute atomic E-state index is 11.9. The number of benzene rings is 1. The second-order valence-corrected chi connectivity index (χ2v) is 6.10. The number of H-pyrrole nitrogens is 1. The van der Waals surface area contributed by atoms with Crippen molar-refractivity contribution in [2.45, 2.75) is 12.2 Å². The molecule has 20 heavy (non-hydrogen) atoms. The standard InChI is InChI=1S/C13H14N4O2S/c14-7-11-2-1-3-12(6-11)9-20(18,19)17-5-4-13-8-15-10-16-13/h1-3,6,8,10,17H,4-5,9H2,(H,15,16). The topological polar surface area (TPSA) is 98.6 Å². The van der Waals surface area contributed by atoms with Gasteiger partial charge < -0.3 is 4.98 Å². The van der Waals surface area contributed by atoms with Gasteiger partial charge in [-0.3, -0.25) is 0 Å². The predicted octanol–water partition coefficient (Wildman–Crippen LogP) is 0.943. The van der Waals surface area contributed by atoms with Crippen LogP contribution in [0, 0.1) is 11.3 Å². The zero-order valence-corrected chi connectivity index (χ0v) is 11.5. The van der Waals surface area contributed by atoms with Crippen molar-refractivity contribution < 1.29 is 8.42 Å². The lowest BCUT2D eigenvalue weighted by atomic mass is 10.2. The van der Waals surface area contributed by atoms with Crippen molar-refractivity contribution in [3.8, 4) is 6.07 Å². The van der Waals surface area contributed by atoms with Crippen LogP contribution < -0.4 is 4.72 Å². The van der Waals surface area contributed by atoms with Crippen molar-refractivity contribution in [1.29, 1.82) is 5.26 Å². The van der Waals surface area contributed by atoms with Crippen LogP contribution >= 0.6 is 0 Å². The van der Waals surface area contributed by atoms with Crippen LogP contribution in [0.15, 0.2) is 36.8 Å². The number of nitriles is 1. The van der Waals surface area contributed by atoms with Crippen molar-refractivity contribution in [2.75, 3.05) is 6.54 Å². The fourth-order valence-electron chi connectivity index (χ4n) is 1.76. The summed E-state index contributed by atoms with van der Waals surface area (Å²) in [6.07, 6.45) is 3.76. The molecule has 0 aliphatic rings. The first-order chi connectivity index (χ1) is 9.59. The molecule has 2 aromatic rings. The Hall–Kier alpha value is -2.17. The lowest BCUT2D eigenvalue weighted by Gasteiger charge is -2.06. The van der Waals surface area contributed by atoms with E-state index in [-0.39, 0.29) is 5.75 Å². The molecule has 0 amide bonds. The van der Waals surface area contributed by atoms with Gasteiger partial charge in [0.2, 0.25) is 10.0 Å². The average molecular weight is 290 g/mol. The largest absolute Gasteiger partial charge is 0.348 e. The van der Waals surface area contributed by atoms with Crippen LogP contribution in [0.1, 0.15) is 16.8 Å². The van der Waals surface area contributed by atoms with Crippen LogP contribution in [0.4, 0.5) is 0 Å². The summed E-state index contributed by atoms with van der Waals surface area (Å²) in [5.74, 6) is -0.133. The van der Waals surface area contributed by atoms with Gasteiger partial charge in [0, 0.05) is 24.9 Å². The lowest BCUT2D eigenvalue weighted by molar-refractivity contribution is 0.580. The predicted molar refractivity (Wildman–Crippen MR) is 74.1 cm³/mol. The Bertz CT molecular complexity index is 702. The van der Waals surface area contributed by atoms with Gasteiger partial charge in [0.1, 0.15) is 0 Å². The van der Waals surface area contributed by atoms with E-state index in [0.29, 0.717) is 24.1 Å². The summed E-state index contributed by atoms with van der Waals surface area (Å²) in [5, 5.41) is 8.78. The molecular formula is C13H14N4O2S. The molecule has 1 heterocycles. The van der Waals surface area contributed by atoms with Gasteiger partial charge in [0.05, 0.1) is 23.7 Å². The highest BCUT2D eigenvalue weighted by molar-refractivity contribution is 7.88. The summed E-state index contributed by atoms with van der Waals surface area (Å²) in [7, 11) is -3.41. The van der Waals surface area contributed by atoms with Gasteiger partial charge in [-0.15, -0.1) is 0 Å². The summed E-state index contributed by atoms with van der Waals surface area (Å²) in [6, 6.07) is 8.57. The van der Waals surface area contributed by atoms with E-state index in [1.54, 1.807) is 36.8 Å². The van der Waals surface area contributed by atoms with Gasteiger partial charge in [-0.1, -0.05) is 12.1 Å². The van der Waals surface area contributed by atoms with E-state index in [9.17, 15) is 8.42 Å². The molecular weight excluding hydrogens is 276 g/mol. The highest BCUT2D eigenvalue weighted by atomic mass is 32.2. The number of aromatic amines is 1. The minimum Gasteiger partial charge on any atom is -0.348 e. The van der Waals surface area contributed by atoms with E-state index in [1.165, 1.54) is 0 Å². The lowest BCUT2D eigenvalue weighted by Crippen LogP contribution is -2.27. The van der Waals surface area contributed by atoms with Crippen molar-refractivity contribution in [1.82, 2.24) is 14.7 Å². The third-order valence-corrected chi connectivity index (χ3v) is 4.04. The fraction of sp³-hybridized carbons (Fsp3) is 0.231. The molecule has 0 unspecified atom stereocenters. The highest BCUT2D eigenvalue weighted by Crippen LogP contribution is 2.08. The summed E-state index contributed by atoms with van der Waals surface area (Å²) >= 11 is 0. The Morgan fingerprint density at radius 3 is 2.95 bits per heavy atom. The number of imidazole rings is 1.